The fourth-order valence-corrected chi connectivity index (χ4v) is 2.20. The van der Waals surface area contributed by atoms with Crippen LogP contribution in [0.25, 0.3) is 0 Å². The summed E-state index contributed by atoms with van der Waals surface area (Å²) in [5.41, 5.74) is 1.17. The average Bonchev–Trinajstić information content (AvgIpc) is 2.45. The highest BCUT2D eigenvalue weighted by molar-refractivity contribution is 7.79. The minimum atomic E-state index is -4.17. The van der Waals surface area contributed by atoms with Gasteiger partial charge in [0.15, 0.2) is 11.4 Å². The minimum absolute atomic E-state index is 0.112. The maximum absolute atomic E-state index is 10.7. The molecule has 0 spiro atoms. The van der Waals surface area contributed by atoms with Gasteiger partial charge in [-0.25, -0.2) is 14.5 Å². The van der Waals surface area contributed by atoms with Crippen molar-refractivity contribution >= 4 is 41.9 Å². The number of anilines is 1. The maximum atomic E-state index is 10.7. The zero-order chi connectivity index (χ0) is 19.1. The number of hydrogen-bond acceptors (Lipinski definition) is 5. The van der Waals surface area contributed by atoms with E-state index in [1.807, 2.05) is 18.2 Å². The molecule has 136 valence electrons. The predicted molar refractivity (Wildman–Crippen MR) is 98.2 cm³/mol. The molecule has 25 heavy (non-hydrogen) atoms. The van der Waals surface area contributed by atoms with Crippen molar-refractivity contribution in [3.8, 4) is 0 Å². The van der Waals surface area contributed by atoms with E-state index < -0.39 is 6.95 Å². The first-order valence-corrected chi connectivity index (χ1v) is 9.95. The van der Waals surface area contributed by atoms with Gasteiger partial charge in [0, 0.05) is 16.8 Å². The van der Waals surface area contributed by atoms with E-state index >= 15 is 0 Å². The summed E-state index contributed by atoms with van der Waals surface area (Å²) in [6, 6.07) is 10.2. The quantitative estimate of drug-likeness (QED) is 0.513. The number of aromatic nitrogens is 2. The van der Waals surface area contributed by atoms with Crippen molar-refractivity contribution in [1.82, 2.24) is 9.97 Å². The molecule has 1 aromatic carbocycles. The number of nitrogens with zero attached hydrogens (tertiary/aromatic N) is 2. The maximum Gasteiger partial charge on any atom is 0.419 e. The molecule has 7 nitrogen and oxygen atoms in total. The van der Waals surface area contributed by atoms with Gasteiger partial charge >= 0.3 is 6.95 Å². The third-order valence-electron chi connectivity index (χ3n) is 2.82. The molecule has 3 N–H and O–H groups in total. The molecule has 0 aliphatic rings. The third kappa shape index (κ3) is 9.53. The fraction of sp³-hybridized carbons (Fsp3) is 0.267. The topological polar surface area (TPSA) is 112 Å². The van der Waals surface area contributed by atoms with Crippen LogP contribution >= 0.6 is 29.8 Å². The fourth-order valence-electron chi connectivity index (χ4n) is 2.01. The SMILES string of the molecule is CC(C)(Cc1ccccc1)Nc1cnc(C=O)c(Cl)n1.O=P(O)(O)Cl. The van der Waals surface area contributed by atoms with Crippen LogP contribution in [-0.2, 0) is 11.0 Å². The van der Waals surface area contributed by atoms with Gasteiger partial charge in [-0.05, 0) is 25.8 Å². The van der Waals surface area contributed by atoms with Crippen LogP contribution in [0, 0.1) is 0 Å². The van der Waals surface area contributed by atoms with Crippen molar-refractivity contribution in [2.24, 2.45) is 0 Å². The molecule has 0 bridgehead atoms. The highest BCUT2D eigenvalue weighted by Crippen LogP contribution is 2.39. The molecule has 0 aliphatic carbocycles. The number of nitrogens with one attached hydrogen (secondary N) is 1. The standard InChI is InChI=1S/C15H16ClN3O.ClH2O3P/c1-15(2,8-11-6-4-3-5-7-11)19-13-9-17-12(10-20)14(16)18-13;1-5(2,3)4/h3-7,9-10H,8H2,1-2H3,(H,18,19);(H2,2,3,4). The lowest BCUT2D eigenvalue weighted by Crippen LogP contribution is -2.34. The molecule has 1 heterocycles. The Bertz CT molecular complexity index is 745. The Morgan fingerprint density at radius 3 is 2.32 bits per heavy atom. The second-order valence-corrected chi connectivity index (χ2v) is 8.32. The van der Waals surface area contributed by atoms with Crippen LogP contribution in [0.15, 0.2) is 36.5 Å². The van der Waals surface area contributed by atoms with E-state index in [2.05, 4.69) is 52.5 Å². The molecule has 1 aromatic heterocycles. The third-order valence-corrected chi connectivity index (χ3v) is 3.10. The van der Waals surface area contributed by atoms with Gasteiger partial charge < -0.3 is 15.1 Å². The average molecular weight is 406 g/mol. The molecule has 0 aliphatic heterocycles. The molecule has 0 fully saturated rings. The Morgan fingerprint density at radius 2 is 1.84 bits per heavy atom. The van der Waals surface area contributed by atoms with Crippen LogP contribution in [0.4, 0.5) is 5.82 Å². The highest BCUT2D eigenvalue weighted by Gasteiger charge is 2.19. The molecular weight excluding hydrogens is 388 g/mol. The molecule has 0 radical (unpaired) electrons. The van der Waals surface area contributed by atoms with Gasteiger partial charge in [-0.15, -0.1) is 0 Å². The molecule has 0 amide bonds. The molecule has 10 heteroatoms. The predicted octanol–water partition coefficient (Wildman–Crippen LogP) is 3.69. The van der Waals surface area contributed by atoms with E-state index in [0.717, 1.165) is 6.42 Å². The monoisotopic (exact) mass is 405 g/mol. The molecule has 2 rings (SSSR count). The zero-order valence-corrected chi connectivity index (χ0v) is 16.0. The lowest BCUT2D eigenvalue weighted by molar-refractivity contribution is 0.111. The second-order valence-electron chi connectivity index (χ2n) is 5.69. The summed E-state index contributed by atoms with van der Waals surface area (Å²) in [5.74, 6) is 0.557. The molecule has 0 saturated heterocycles. The first-order valence-electron chi connectivity index (χ1n) is 7.05. The van der Waals surface area contributed by atoms with Crippen LogP contribution < -0.4 is 5.32 Å². The summed E-state index contributed by atoms with van der Waals surface area (Å²) in [4.78, 5) is 33.5. The van der Waals surface area contributed by atoms with Crippen LogP contribution in [0.5, 0.6) is 0 Å². The molecule has 0 atom stereocenters. The summed E-state index contributed by atoms with van der Waals surface area (Å²) in [6.45, 7) is -0.0214. The summed E-state index contributed by atoms with van der Waals surface area (Å²) in [6.07, 6.45) is 2.94. The number of benzene rings is 1. The highest BCUT2D eigenvalue weighted by atomic mass is 35.7. The largest absolute Gasteiger partial charge is 0.419 e. The number of hydrogen-bond donors (Lipinski definition) is 3. The second kappa shape index (κ2) is 9.27. The van der Waals surface area contributed by atoms with Crippen molar-refractivity contribution in [1.29, 1.82) is 0 Å². The van der Waals surface area contributed by atoms with Crippen molar-refractivity contribution in [2.75, 3.05) is 5.32 Å². The van der Waals surface area contributed by atoms with Crippen molar-refractivity contribution in [2.45, 2.75) is 25.8 Å². The smallest absolute Gasteiger partial charge is 0.364 e. The van der Waals surface area contributed by atoms with E-state index in [4.69, 9.17) is 26.0 Å². The van der Waals surface area contributed by atoms with Crippen LogP contribution in [-0.4, -0.2) is 31.6 Å². The number of carbonyl (C=O) groups excluding carboxylic acids is 1. The Labute approximate surface area is 155 Å². The lowest BCUT2D eigenvalue weighted by atomic mass is 9.95. The van der Waals surface area contributed by atoms with Gasteiger partial charge in [0.2, 0.25) is 0 Å². The van der Waals surface area contributed by atoms with Crippen LogP contribution in [0.1, 0.15) is 29.9 Å². The van der Waals surface area contributed by atoms with E-state index in [-0.39, 0.29) is 16.4 Å². The molecule has 2 aromatic rings. The van der Waals surface area contributed by atoms with Gasteiger partial charge in [-0.1, -0.05) is 41.9 Å². The van der Waals surface area contributed by atoms with Gasteiger partial charge in [-0.3, -0.25) is 4.79 Å². The lowest BCUT2D eigenvalue weighted by Gasteiger charge is -2.27. The number of halogens is 2. The molecular formula is C15H18Cl2N3O4P. The van der Waals surface area contributed by atoms with E-state index in [9.17, 15) is 4.79 Å². The van der Waals surface area contributed by atoms with Gasteiger partial charge in [0.1, 0.15) is 11.5 Å². The Morgan fingerprint density at radius 1 is 1.28 bits per heavy atom. The molecule has 0 unspecified atom stereocenters. The van der Waals surface area contributed by atoms with Crippen LogP contribution in [0.2, 0.25) is 5.15 Å². The van der Waals surface area contributed by atoms with Crippen LogP contribution in [0.3, 0.4) is 0 Å². The van der Waals surface area contributed by atoms with E-state index in [1.54, 1.807) is 0 Å². The minimum Gasteiger partial charge on any atom is -0.364 e. The van der Waals surface area contributed by atoms with Crippen molar-refractivity contribution in [3.05, 3.63) is 52.9 Å². The van der Waals surface area contributed by atoms with E-state index in [1.165, 1.54) is 11.8 Å². The zero-order valence-electron chi connectivity index (χ0n) is 13.6. The summed E-state index contributed by atoms with van der Waals surface area (Å²) in [5, 5.41) is 3.40. The first-order chi connectivity index (χ1) is 11.5. The Hall–Kier alpha value is -1.50. The molecule has 0 saturated carbocycles. The normalized spacial score (nSPS) is 11.3. The Kier molecular flexibility index (Phi) is 7.99. The van der Waals surface area contributed by atoms with Crippen molar-refractivity contribution < 1.29 is 19.1 Å². The van der Waals surface area contributed by atoms with Crippen molar-refractivity contribution in [3.63, 3.8) is 0 Å². The van der Waals surface area contributed by atoms with E-state index in [0.29, 0.717) is 12.1 Å². The number of aldehydes is 1. The number of rotatable bonds is 5. The van der Waals surface area contributed by atoms with Gasteiger partial charge in [-0.2, -0.15) is 0 Å². The Balaban J connectivity index is 0.000000550. The van der Waals surface area contributed by atoms with Gasteiger partial charge in [0.05, 0.1) is 6.20 Å². The summed E-state index contributed by atoms with van der Waals surface area (Å²) < 4.78 is 9.09. The van der Waals surface area contributed by atoms with Gasteiger partial charge in [0.25, 0.3) is 0 Å². The number of carbonyl (C=O) groups is 1. The summed E-state index contributed by atoms with van der Waals surface area (Å²) >= 11 is 10.1. The first kappa shape index (κ1) is 21.5. The summed E-state index contributed by atoms with van der Waals surface area (Å²) in [7, 11) is 0.